The summed E-state index contributed by atoms with van der Waals surface area (Å²) in [5.41, 5.74) is 0.181. The molecule has 0 amide bonds. The summed E-state index contributed by atoms with van der Waals surface area (Å²) in [4.78, 5) is 15.6. The molecule has 1 aliphatic carbocycles. The van der Waals surface area contributed by atoms with Gasteiger partial charge in [-0.3, -0.25) is 0 Å². The molecule has 1 heterocycles. The van der Waals surface area contributed by atoms with E-state index >= 15 is 0 Å². The molecule has 114 valence electrons. The van der Waals surface area contributed by atoms with Gasteiger partial charge in [-0.25, -0.2) is 9.78 Å². The third-order valence-electron chi connectivity index (χ3n) is 3.27. The van der Waals surface area contributed by atoms with E-state index in [0.29, 0.717) is 29.7 Å². The van der Waals surface area contributed by atoms with Gasteiger partial charge in [0.1, 0.15) is 5.60 Å². The fraction of sp³-hybridized carbons (Fsp3) is 0.500. The molecule has 1 N–H and O–H groups in total. The Labute approximate surface area is 124 Å². The number of aliphatic hydroxyl groups is 1. The summed E-state index contributed by atoms with van der Waals surface area (Å²) in [6.45, 7) is 3.95. The van der Waals surface area contributed by atoms with Crippen molar-refractivity contribution in [1.82, 2.24) is 4.98 Å². The van der Waals surface area contributed by atoms with E-state index in [1.807, 2.05) is 0 Å². The molecule has 0 radical (unpaired) electrons. The van der Waals surface area contributed by atoms with Crippen molar-refractivity contribution in [2.75, 3.05) is 13.7 Å². The monoisotopic (exact) mass is 291 g/mol. The molecule has 0 aliphatic heterocycles. The van der Waals surface area contributed by atoms with Crippen LogP contribution < -0.4 is 4.74 Å². The highest BCUT2D eigenvalue weighted by atomic mass is 16.5. The Balaban J connectivity index is 2.24. The number of aromatic nitrogens is 1. The molecular weight excluding hydrogens is 270 g/mol. The lowest BCUT2D eigenvalue weighted by Crippen LogP contribution is -2.18. The first-order valence-electron chi connectivity index (χ1n) is 7.03. The highest BCUT2D eigenvalue weighted by Gasteiger charge is 2.24. The molecular formula is C16H21NO4. The first kappa shape index (κ1) is 15.5. The molecule has 0 bridgehead atoms. The largest absolute Gasteiger partial charge is 0.477 e. The van der Waals surface area contributed by atoms with Crippen LogP contribution in [0.25, 0.3) is 6.08 Å². The van der Waals surface area contributed by atoms with Crippen LogP contribution in [0.3, 0.4) is 0 Å². The molecule has 21 heavy (non-hydrogen) atoms. The molecule has 1 aromatic heterocycles. The minimum Gasteiger partial charge on any atom is -0.477 e. The Morgan fingerprint density at radius 3 is 2.76 bits per heavy atom. The lowest BCUT2D eigenvalue weighted by molar-refractivity contribution is -0.134. The van der Waals surface area contributed by atoms with Crippen LogP contribution in [0.15, 0.2) is 18.2 Å². The number of nitrogens with zero attached hydrogens (tertiary/aromatic N) is 1. The van der Waals surface area contributed by atoms with Crippen molar-refractivity contribution >= 4 is 12.0 Å². The van der Waals surface area contributed by atoms with Gasteiger partial charge in [0, 0.05) is 11.6 Å². The van der Waals surface area contributed by atoms with Gasteiger partial charge in [-0.2, -0.15) is 0 Å². The summed E-state index contributed by atoms with van der Waals surface area (Å²) in [6.07, 6.45) is 5.29. The normalized spacial score (nSPS) is 15.2. The van der Waals surface area contributed by atoms with E-state index in [-0.39, 0.29) is 0 Å². The van der Waals surface area contributed by atoms with Crippen molar-refractivity contribution in [2.24, 2.45) is 5.92 Å². The number of rotatable bonds is 6. The van der Waals surface area contributed by atoms with E-state index in [0.717, 1.165) is 0 Å². The van der Waals surface area contributed by atoms with Crippen LogP contribution in [-0.4, -0.2) is 29.8 Å². The standard InChI is InChI=1S/C16H21NO4/c1-16(2,19)13-8-6-12(7-9-14(18)20-3)15(17-13)21-10-11-4-5-11/h6-9,11,19H,4-5,10H2,1-3H3/b9-7+. The average Bonchev–Trinajstić information content (AvgIpc) is 3.25. The fourth-order valence-electron chi connectivity index (χ4n) is 1.74. The molecule has 0 unspecified atom stereocenters. The minimum absolute atomic E-state index is 0.432. The maximum atomic E-state index is 11.2. The summed E-state index contributed by atoms with van der Waals surface area (Å²) >= 11 is 0. The number of methoxy groups -OCH3 is 1. The zero-order valence-electron chi connectivity index (χ0n) is 12.6. The van der Waals surface area contributed by atoms with Gasteiger partial charge < -0.3 is 14.6 Å². The molecule has 0 spiro atoms. The van der Waals surface area contributed by atoms with Crippen LogP contribution in [0.5, 0.6) is 5.88 Å². The van der Waals surface area contributed by atoms with Crippen LogP contribution in [0.4, 0.5) is 0 Å². The second kappa shape index (κ2) is 6.26. The van der Waals surface area contributed by atoms with Gasteiger partial charge in [0.05, 0.1) is 19.4 Å². The van der Waals surface area contributed by atoms with Gasteiger partial charge in [0.2, 0.25) is 5.88 Å². The molecule has 5 nitrogen and oxygen atoms in total. The van der Waals surface area contributed by atoms with Gasteiger partial charge in [-0.1, -0.05) is 0 Å². The molecule has 2 rings (SSSR count). The Morgan fingerprint density at radius 1 is 1.48 bits per heavy atom. The Morgan fingerprint density at radius 2 is 2.19 bits per heavy atom. The lowest BCUT2D eigenvalue weighted by Gasteiger charge is -2.18. The maximum absolute atomic E-state index is 11.2. The molecule has 1 aliphatic rings. The van der Waals surface area contributed by atoms with E-state index in [9.17, 15) is 9.90 Å². The Bertz CT molecular complexity index is 542. The van der Waals surface area contributed by atoms with Crippen molar-refractivity contribution in [3.8, 4) is 5.88 Å². The number of esters is 1. The highest BCUT2D eigenvalue weighted by Crippen LogP contribution is 2.31. The number of carbonyl (C=O) groups is 1. The van der Waals surface area contributed by atoms with Crippen LogP contribution in [-0.2, 0) is 15.1 Å². The van der Waals surface area contributed by atoms with Crippen LogP contribution in [0.2, 0.25) is 0 Å². The summed E-state index contributed by atoms with van der Waals surface area (Å²) in [5, 5.41) is 10.0. The Hall–Kier alpha value is -1.88. The van der Waals surface area contributed by atoms with E-state index in [2.05, 4.69) is 9.72 Å². The summed E-state index contributed by atoms with van der Waals surface area (Å²) in [7, 11) is 1.33. The topological polar surface area (TPSA) is 68.7 Å². The summed E-state index contributed by atoms with van der Waals surface area (Å²) in [6, 6.07) is 3.50. The van der Waals surface area contributed by atoms with E-state index < -0.39 is 11.6 Å². The van der Waals surface area contributed by atoms with Crippen molar-refractivity contribution in [1.29, 1.82) is 0 Å². The molecule has 1 fully saturated rings. The molecule has 5 heteroatoms. The van der Waals surface area contributed by atoms with Crippen LogP contribution >= 0.6 is 0 Å². The van der Waals surface area contributed by atoms with Gasteiger partial charge >= 0.3 is 5.97 Å². The molecule has 1 saturated carbocycles. The van der Waals surface area contributed by atoms with Gasteiger partial charge in [-0.15, -0.1) is 0 Å². The SMILES string of the molecule is COC(=O)/C=C/c1ccc(C(C)(C)O)nc1OCC1CC1. The maximum Gasteiger partial charge on any atom is 0.330 e. The van der Waals surface area contributed by atoms with Crippen molar-refractivity contribution in [3.05, 3.63) is 29.5 Å². The van der Waals surface area contributed by atoms with E-state index in [4.69, 9.17) is 4.74 Å². The predicted octanol–water partition coefficient (Wildman–Crippen LogP) is 2.28. The number of hydrogen-bond acceptors (Lipinski definition) is 5. The lowest BCUT2D eigenvalue weighted by atomic mass is 10.0. The zero-order valence-corrected chi connectivity index (χ0v) is 12.6. The van der Waals surface area contributed by atoms with Gasteiger partial charge in [0.15, 0.2) is 0 Å². The molecule has 0 atom stereocenters. The number of hydrogen-bond donors (Lipinski definition) is 1. The van der Waals surface area contributed by atoms with Crippen molar-refractivity contribution in [2.45, 2.75) is 32.3 Å². The second-order valence-corrected chi connectivity index (χ2v) is 5.76. The van der Waals surface area contributed by atoms with Gasteiger partial charge in [-0.05, 0) is 50.8 Å². The predicted molar refractivity (Wildman–Crippen MR) is 78.8 cm³/mol. The number of ether oxygens (including phenoxy) is 2. The summed E-state index contributed by atoms with van der Waals surface area (Å²) < 4.78 is 10.3. The van der Waals surface area contributed by atoms with Crippen molar-refractivity contribution in [3.63, 3.8) is 0 Å². The smallest absolute Gasteiger partial charge is 0.330 e. The number of carbonyl (C=O) groups excluding carboxylic acids is 1. The van der Waals surface area contributed by atoms with Gasteiger partial charge in [0.25, 0.3) is 0 Å². The van der Waals surface area contributed by atoms with E-state index in [1.54, 1.807) is 32.1 Å². The third kappa shape index (κ3) is 4.56. The van der Waals surface area contributed by atoms with E-state index in [1.165, 1.54) is 26.0 Å². The fourth-order valence-corrected chi connectivity index (χ4v) is 1.74. The third-order valence-corrected chi connectivity index (χ3v) is 3.27. The van der Waals surface area contributed by atoms with Crippen LogP contribution in [0, 0.1) is 5.92 Å². The first-order chi connectivity index (χ1) is 9.90. The Kier molecular flexibility index (Phi) is 4.63. The minimum atomic E-state index is -1.04. The first-order valence-corrected chi connectivity index (χ1v) is 7.03. The quantitative estimate of drug-likeness (QED) is 0.643. The summed E-state index contributed by atoms with van der Waals surface area (Å²) in [5.74, 6) is 0.589. The average molecular weight is 291 g/mol. The second-order valence-electron chi connectivity index (χ2n) is 5.76. The molecule has 0 saturated heterocycles. The molecule has 1 aromatic rings. The van der Waals surface area contributed by atoms with Crippen molar-refractivity contribution < 1.29 is 19.4 Å². The zero-order chi connectivity index (χ0) is 15.5. The van der Waals surface area contributed by atoms with Crippen LogP contribution in [0.1, 0.15) is 37.9 Å². The molecule has 0 aromatic carbocycles. The number of pyridine rings is 1. The highest BCUT2D eigenvalue weighted by molar-refractivity contribution is 5.87.